The van der Waals surface area contributed by atoms with Crippen molar-refractivity contribution >= 4 is 29.2 Å². The minimum Gasteiger partial charge on any atom is -0.459 e. The number of benzene rings is 1. The first-order valence-corrected chi connectivity index (χ1v) is 8.59. The van der Waals surface area contributed by atoms with Gasteiger partial charge in [0.2, 0.25) is 0 Å². The third-order valence-electron chi connectivity index (χ3n) is 4.02. The molecular weight excluding hydrogens is 371 g/mol. The van der Waals surface area contributed by atoms with E-state index in [1.165, 1.54) is 0 Å². The summed E-state index contributed by atoms with van der Waals surface area (Å²) in [5.74, 6) is 0.127. The molecule has 9 heteroatoms. The van der Waals surface area contributed by atoms with Crippen LogP contribution in [0.3, 0.4) is 0 Å². The molecule has 0 atom stereocenters. The topological polar surface area (TPSA) is 84.9 Å². The smallest absolute Gasteiger partial charge is 0.405 e. The second kappa shape index (κ2) is 8.14. The number of ether oxygens (including phenoxy) is 1. The second-order valence-electron chi connectivity index (χ2n) is 7.32. The summed E-state index contributed by atoms with van der Waals surface area (Å²) in [7, 11) is 0. The number of hydrogen-bond donors (Lipinski definition) is 2. The Balaban J connectivity index is 2.69. The highest BCUT2D eigenvalue weighted by Gasteiger charge is 2.27. The first kappa shape index (κ1) is 21.6. The highest BCUT2D eigenvalue weighted by Crippen LogP contribution is 2.34. The minimum atomic E-state index is -4.31. The monoisotopic (exact) mass is 395 g/mol. The van der Waals surface area contributed by atoms with Crippen LogP contribution in [-0.2, 0) is 10.2 Å². The molecule has 2 rings (SSSR count). The van der Waals surface area contributed by atoms with Crippen molar-refractivity contribution in [2.24, 2.45) is 15.9 Å². The normalized spacial score (nSPS) is 12.9. The van der Waals surface area contributed by atoms with Crippen molar-refractivity contribution in [3.05, 3.63) is 35.0 Å². The molecule has 0 unspecified atom stereocenters. The zero-order valence-corrected chi connectivity index (χ0v) is 16.3. The summed E-state index contributed by atoms with van der Waals surface area (Å²) in [5, 5.41) is 10.5. The molecule has 1 aromatic heterocycles. The number of anilines is 1. The molecule has 0 amide bonds. The molecule has 0 radical (unpaired) electrons. The SMILES string of the molecule is C=N/N=C(\OCN)c1cc(C)c2cc(NCC(F)(F)F)cc(C(C)(C)C)c2n1. The van der Waals surface area contributed by atoms with Gasteiger partial charge in [0.15, 0.2) is 0 Å². The average Bonchev–Trinajstić information content (AvgIpc) is 2.58. The largest absolute Gasteiger partial charge is 0.459 e. The zero-order valence-electron chi connectivity index (χ0n) is 16.3. The van der Waals surface area contributed by atoms with Gasteiger partial charge in [0.25, 0.3) is 5.90 Å². The molecule has 152 valence electrons. The summed E-state index contributed by atoms with van der Waals surface area (Å²) < 4.78 is 43.2. The summed E-state index contributed by atoms with van der Waals surface area (Å²) in [6, 6.07) is 5.08. The second-order valence-corrected chi connectivity index (χ2v) is 7.32. The molecule has 0 aliphatic heterocycles. The summed E-state index contributed by atoms with van der Waals surface area (Å²) in [6.07, 6.45) is -4.31. The first-order chi connectivity index (χ1) is 13.0. The molecule has 0 aliphatic rings. The van der Waals surface area contributed by atoms with E-state index < -0.39 is 12.7 Å². The Morgan fingerprint density at radius 2 is 1.93 bits per heavy atom. The van der Waals surface area contributed by atoms with Crippen LogP contribution in [0, 0.1) is 6.92 Å². The Kier molecular flexibility index (Phi) is 6.28. The summed E-state index contributed by atoms with van der Waals surface area (Å²) in [6.45, 7) is 9.84. The number of nitrogens with two attached hydrogens (primary N) is 1. The van der Waals surface area contributed by atoms with Gasteiger partial charge in [0.05, 0.1) is 5.52 Å². The third-order valence-corrected chi connectivity index (χ3v) is 4.02. The predicted octanol–water partition coefficient (Wildman–Crippen LogP) is 4.11. The Hall–Kier alpha value is -2.68. The number of pyridine rings is 1. The molecular formula is C19H24F3N5O. The number of alkyl halides is 3. The van der Waals surface area contributed by atoms with Gasteiger partial charge in [-0.3, -0.25) is 5.73 Å². The van der Waals surface area contributed by atoms with Gasteiger partial charge in [0, 0.05) is 17.8 Å². The standard InChI is InChI=1S/C19H24F3N5O/c1-11-6-15(17(27-24-5)28-10-23)26-16-13(11)7-12(25-9-19(20,21)22)8-14(16)18(2,3)4/h6-8,25H,5,9-10,23H2,1-4H3/b27-17-. The Morgan fingerprint density at radius 1 is 1.25 bits per heavy atom. The summed E-state index contributed by atoms with van der Waals surface area (Å²) in [4.78, 5) is 4.64. The van der Waals surface area contributed by atoms with E-state index in [-0.39, 0.29) is 18.0 Å². The van der Waals surface area contributed by atoms with E-state index in [9.17, 15) is 13.2 Å². The highest BCUT2D eigenvalue weighted by atomic mass is 19.4. The third kappa shape index (κ3) is 5.19. The molecule has 1 heterocycles. The van der Waals surface area contributed by atoms with E-state index in [0.29, 0.717) is 16.9 Å². The number of fused-ring (bicyclic) bond motifs is 1. The Labute approximate surface area is 161 Å². The van der Waals surface area contributed by atoms with Gasteiger partial charge in [-0.15, -0.1) is 5.10 Å². The number of aromatic nitrogens is 1. The number of halogens is 3. The molecule has 28 heavy (non-hydrogen) atoms. The van der Waals surface area contributed by atoms with Crippen molar-refractivity contribution in [2.75, 3.05) is 18.6 Å². The molecule has 0 saturated heterocycles. The van der Waals surface area contributed by atoms with E-state index in [0.717, 1.165) is 16.5 Å². The summed E-state index contributed by atoms with van der Waals surface area (Å²) in [5.41, 5.74) is 8.12. The van der Waals surface area contributed by atoms with Crippen LogP contribution < -0.4 is 11.1 Å². The van der Waals surface area contributed by atoms with Gasteiger partial charge < -0.3 is 10.1 Å². The highest BCUT2D eigenvalue weighted by molar-refractivity contribution is 5.97. The molecule has 0 saturated carbocycles. The first-order valence-electron chi connectivity index (χ1n) is 8.59. The van der Waals surface area contributed by atoms with Gasteiger partial charge in [0.1, 0.15) is 19.0 Å². The van der Waals surface area contributed by atoms with Crippen molar-refractivity contribution in [1.82, 2.24) is 4.98 Å². The zero-order chi connectivity index (χ0) is 21.1. The molecule has 6 nitrogen and oxygen atoms in total. The fourth-order valence-corrected chi connectivity index (χ4v) is 2.77. The fourth-order valence-electron chi connectivity index (χ4n) is 2.77. The Morgan fingerprint density at radius 3 is 2.46 bits per heavy atom. The predicted molar refractivity (Wildman–Crippen MR) is 106 cm³/mol. The van der Waals surface area contributed by atoms with Crippen molar-refractivity contribution in [2.45, 2.75) is 39.3 Å². The molecule has 0 bridgehead atoms. The van der Waals surface area contributed by atoms with Crippen molar-refractivity contribution in [3.8, 4) is 0 Å². The van der Waals surface area contributed by atoms with Gasteiger partial charge in [-0.1, -0.05) is 20.8 Å². The van der Waals surface area contributed by atoms with Crippen molar-refractivity contribution < 1.29 is 17.9 Å². The van der Waals surface area contributed by atoms with E-state index in [1.54, 1.807) is 18.2 Å². The fraction of sp³-hybridized carbons (Fsp3) is 0.421. The van der Waals surface area contributed by atoms with Crippen LogP contribution in [0.25, 0.3) is 10.9 Å². The minimum absolute atomic E-state index is 0.112. The van der Waals surface area contributed by atoms with Crippen LogP contribution in [0.2, 0.25) is 0 Å². The number of aryl methyl sites for hydroxylation is 1. The van der Waals surface area contributed by atoms with E-state index in [2.05, 4.69) is 27.2 Å². The molecule has 0 fully saturated rings. The van der Waals surface area contributed by atoms with E-state index in [4.69, 9.17) is 10.5 Å². The molecule has 2 aromatic rings. The maximum absolute atomic E-state index is 12.6. The summed E-state index contributed by atoms with van der Waals surface area (Å²) >= 11 is 0. The average molecular weight is 395 g/mol. The lowest BCUT2D eigenvalue weighted by Gasteiger charge is -2.23. The Bertz CT molecular complexity index is 901. The maximum atomic E-state index is 12.6. The molecule has 0 spiro atoms. The maximum Gasteiger partial charge on any atom is 0.405 e. The van der Waals surface area contributed by atoms with Crippen LogP contribution in [0.1, 0.15) is 37.6 Å². The van der Waals surface area contributed by atoms with Gasteiger partial charge >= 0.3 is 6.18 Å². The lowest BCUT2D eigenvalue weighted by molar-refractivity contribution is -0.115. The van der Waals surface area contributed by atoms with Crippen molar-refractivity contribution in [1.29, 1.82) is 0 Å². The number of nitrogens with zero attached hydrogens (tertiary/aromatic N) is 3. The van der Waals surface area contributed by atoms with Crippen LogP contribution >= 0.6 is 0 Å². The number of hydrogen-bond acceptors (Lipinski definition) is 6. The van der Waals surface area contributed by atoms with Gasteiger partial charge in [-0.25, -0.2) is 4.98 Å². The quantitative estimate of drug-likeness (QED) is 0.345. The number of rotatable bonds is 5. The molecule has 3 N–H and O–H groups in total. The molecule has 0 aliphatic carbocycles. The van der Waals surface area contributed by atoms with Gasteiger partial charge in [-0.05, 0) is 41.7 Å². The van der Waals surface area contributed by atoms with Crippen LogP contribution in [-0.4, -0.2) is 37.1 Å². The van der Waals surface area contributed by atoms with E-state index >= 15 is 0 Å². The van der Waals surface area contributed by atoms with Crippen LogP contribution in [0.5, 0.6) is 0 Å². The van der Waals surface area contributed by atoms with Crippen LogP contribution in [0.4, 0.5) is 18.9 Å². The van der Waals surface area contributed by atoms with E-state index in [1.807, 2.05) is 27.7 Å². The number of nitrogens with one attached hydrogen (secondary N) is 1. The lowest BCUT2D eigenvalue weighted by Crippen LogP contribution is -2.22. The molecule has 1 aromatic carbocycles. The lowest BCUT2D eigenvalue weighted by atomic mass is 9.84. The van der Waals surface area contributed by atoms with Crippen LogP contribution in [0.15, 0.2) is 28.4 Å². The van der Waals surface area contributed by atoms with Crippen molar-refractivity contribution in [3.63, 3.8) is 0 Å². The van der Waals surface area contributed by atoms with Gasteiger partial charge in [-0.2, -0.15) is 18.3 Å².